The SMILES string of the molecule is Cc1ccc(CNc2ncnc3sccc23)c(=O)n1C. The molecule has 0 amide bonds. The molecule has 0 saturated carbocycles. The molecule has 0 spiro atoms. The van der Waals surface area contributed by atoms with Gasteiger partial charge in [-0.3, -0.25) is 4.79 Å². The first-order valence-corrected chi connectivity index (χ1v) is 7.12. The number of aryl methyl sites for hydroxylation is 1. The molecule has 3 aromatic heterocycles. The number of nitrogens with one attached hydrogen (secondary N) is 1. The fraction of sp³-hybridized carbons (Fsp3) is 0.214. The Morgan fingerprint density at radius 3 is 3.00 bits per heavy atom. The molecular weight excluding hydrogens is 272 g/mol. The highest BCUT2D eigenvalue weighted by Gasteiger charge is 2.07. The Labute approximate surface area is 119 Å². The largest absolute Gasteiger partial charge is 0.365 e. The van der Waals surface area contributed by atoms with Crippen LogP contribution in [0.3, 0.4) is 0 Å². The van der Waals surface area contributed by atoms with Crippen LogP contribution in [-0.4, -0.2) is 14.5 Å². The van der Waals surface area contributed by atoms with Crippen LogP contribution in [0.25, 0.3) is 10.2 Å². The van der Waals surface area contributed by atoms with Crippen LogP contribution in [0.2, 0.25) is 0 Å². The van der Waals surface area contributed by atoms with Gasteiger partial charge in [-0.1, -0.05) is 6.07 Å². The van der Waals surface area contributed by atoms with E-state index in [4.69, 9.17) is 0 Å². The summed E-state index contributed by atoms with van der Waals surface area (Å²) in [6.45, 7) is 2.37. The summed E-state index contributed by atoms with van der Waals surface area (Å²) in [5, 5.41) is 6.19. The van der Waals surface area contributed by atoms with E-state index in [2.05, 4.69) is 15.3 Å². The number of pyridine rings is 1. The molecule has 5 nitrogen and oxygen atoms in total. The molecule has 0 radical (unpaired) electrons. The number of anilines is 1. The summed E-state index contributed by atoms with van der Waals surface area (Å²) in [5.41, 5.74) is 1.69. The highest BCUT2D eigenvalue weighted by Crippen LogP contribution is 2.23. The summed E-state index contributed by atoms with van der Waals surface area (Å²) in [6.07, 6.45) is 1.54. The summed E-state index contributed by atoms with van der Waals surface area (Å²) in [7, 11) is 1.78. The molecule has 0 saturated heterocycles. The van der Waals surface area contributed by atoms with Crippen molar-refractivity contribution in [1.29, 1.82) is 0 Å². The molecular formula is C14H14N4OS. The van der Waals surface area contributed by atoms with Crippen LogP contribution in [0.5, 0.6) is 0 Å². The van der Waals surface area contributed by atoms with Crippen LogP contribution < -0.4 is 10.9 Å². The van der Waals surface area contributed by atoms with Crippen LogP contribution >= 0.6 is 11.3 Å². The van der Waals surface area contributed by atoms with Gasteiger partial charge < -0.3 is 9.88 Å². The lowest BCUT2D eigenvalue weighted by atomic mass is 10.2. The van der Waals surface area contributed by atoms with Gasteiger partial charge in [0, 0.05) is 24.8 Å². The maximum absolute atomic E-state index is 12.1. The van der Waals surface area contributed by atoms with Gasteiger partial charge in [-0.25, -0.2) is 9.97 Å². The second-order valence-electron chi connectivity index (χ2n) is 4.58. The van der Waals surface area contributed by atoms with E-state index in [0.717, 1.165) is 27.3 Å². The Kier molecular flexibility index (Phi) is 3.23. The van der Waals surface area contributed by atoms with Gasteiger partial charge in [-0.2, -0.15) is 0 Å². The second kappa shape index (κ2) is 5.05. The van der Waals surface area contributed by atoms with Crippen molar-refractivity contribution in [1.82, 2.24) is 14.5 Å². The minimum Gasteiger partial charge on any atom is -0.365 e. The molecule has 0 aromatic carbocycles. The lowest BCUT2D eigenvalue weighted by Gasteiger charge is -2.09. The first-order valence-electron chi connectivity index (χ1n) is 6.24. The average Bonchev–Trinajstić information content (AvgIpc) is 2.93. The van der Waals surface area contributed by atoms with Crippen molar-refractivity contribution in [2.24, 2.45) is 7.05 Å². The number of thiophene rings is 1. The Balaban J connectivity index is 1.89. The summed E-state index contributed by atoms with van der Waals surface area (Å²) >= 11 is 1.57. The topological polar surface area (TPSA) is 59.8 Å². The summed E-state index contributed by atoms with van der Waals surface area (Å²) in [5.74, 6) is 0.763. The normalized spacial score (nSPS) is 10.9. The van der Waals surface area contributed by atoms with Crippen LogP contribution in [-0.2, 0) is 13.6 Å². The highest BCUT2D eigenvalue weighted by atomic mass is 32.1. The number of hydrogen-bond acceptors (Lipinski definition) is 5. The number of rotatable bonds is 3. The van der Waals surface area contributed by atoms with E-state index in [-0.39, 0.29) is 5.56 Å². The van der Waals surface area contributed by atoms with E-state index in [0.29, 0.717) is 6.54 Å². The third-order valence-corrected chi connectivity index (χ3v) is 4.16. The fourth-order valence-electron chi connectivity index (χ4n) is 2.02. The van der Waals surface area contributed by atoms with E-state index >= 15 is 0 Å². The van der Waals surface area contributed by atoms with E-state index < -0.39 is 0 Å². The van der Waals surface area contributed by atoms with E-state index in [9.17, 15) is 4.79 Å². The minimum absolute atomic E-state index is 0.0214. The van der Waals surface area contributed by atoms with Gasteiger partial charge in [0.05, 0.1) is 5.39 Å². The van der Waals surface area contributed by atoms with Gasteiger partial charge in [-0.15, -0.1) is 11.3 Å². The van der Waals surface area contributed by atoms with Gasteiger partial charge in [0.2, 0.25) is 0 Å². The molecule has 0 fully saturated rings. The van der Waals surface area contributed by atoms with E-state index in [1.165, 1.54) is 6.33 Å². The third-order valence-electron chi connectivity index (χ3n) is 3.34. The average molecular weight is 286 g/mol. The summed E-state index contributed by atoms with van der Waals surface area (Å²) in [4.78, 5) is 21.5. The van der Waals surface area contributed by atoms with Crippen molar-refractivity contribution in [3.05, 3.63) is 51.5 Å². The molecule has 3 aromatic rings. The quantitative estimate of drug-likeness (QED) is 0.802. The first-order chi connectivity index (χ1) is 9.66. The Morgan fingerprint density at radius 1 is 1.30 bits per heavy atom. The predicted molar refractivity (Wildman–Crippen MR) is 81.2 cm³/mol. The molecule has 3 rings (SSSR count). The lowest BCUT2D eigenvalue weighted by Crippen LogP contribution is -2.24. The van der Waals surface area contributed by atoms with Crippen LogP contribution in [0.4, 0.5) is 5.82 Å². The Morgan fingerprint density at radius 2 is 2.15 bits per heavy atom. The molecule has 102 valence electrons. The van der Waals surface area contributed by atoms with Gasteiger partial charge in [-0.05, 0) is 24.4 Å². The first kappa shape index (κ1) is 12.8. The highest BCUT2D eigenvalue weighted by molar-refractivity contribution is 7.16. The van der Waals surface area contributed by atoms with Crippen molar-refractivity contribution in [2.45, 2.75) is 13.5 Å². The predicted octanol–water partition coefficient (Wildman–Crippen LogP) is 2.31. The van der Waals surface area contributed by atoms with E-state index in [1.807, 2.05) is 30.5 Å². The minimum atomic E-state index is 0.0214. The van der Waals surface area contributed by atoms with Crippen molar-refractivity contribution in [2.75, 3.05) is 5.32 Å². The molecule has 0 aliphatic carbocycles. The number of aromatic nitrogens is 3. The molecule has 0 atom stereocenters. The maximum atomic E-state index is 12.1. The molecule has 1 N–H and O–H groups in total. The molecule has 20 heavy (non-hydrogen) atoms. The maximum Gasteiger partial charge on any atom is 0.255 e. The zero-order valence-corrected chi connectivity index (χ0v) is 12.1. The van der Waals surface area contributed by atoms with Crippen LogP contribution in [0.1, 0.15) is 11.3 Å². The Bertz CT molecular complexity index is 821. The van der Waals surface area contributed by atoms with Crippen LogP contribution in [0, 0.1) is 6.92 Å². The smallest absolute Gasteiger partial charge is 0.255 e. The molecule has 3 heterocycles. The second-order valence-corrected chi connectivity index (χ2v) is 5.47. The van der Waals surface area contributed by atoms with Gasteiger partial charge >= 0.3 is 0 Å². The van der Waals surface area contributed by atoms with Gasteiger partial charge in [0.1, 0.15) is 17.0 Å². The molecule has 0 aliphatic heterocycles. The number of fused-ring (bicyclic) bond motifs is 1. The summed E-state index contributed by atoms with van der Waals surface area (Å²) in [6, 6.07) is 5.78. The van der Waals surface area contributed by atoms with Crippen molar-refractivity contribution >= 4 is 27.4 Å². The summed E-state index contributed by atoms with van der Waals surface area (Å²) < 4.78 is 1.65. The van der Waals surface area contributed by atoms with Crippen molar-refractivity contribution < 1.29 is 0 Å². The molecule has 6 heteroatoms. The monoisotopic (exact) mass is 286 g/mol. The zero-order valence-electron chi connectivity index (χ0n) is 11.3. The van der Waals surface area contributed by atoms with E-state index in [1.54, 1.807) is 23.0 Å². The molecule has 0 aliphatic rings. The molecule has 0 unspecified atom stereocenters. The number of nitrogens with zero attached hydrogens (tertiary/aromatic N) is 3. The van der Waals surface area contributed by atoms with Gasteiger partial charge in [0.25, 0.3) is 5.56 Å². The lowest BCUT2D eigenvalue weighted by molar-refractivity contribution is 0.799. The Hall–Kier alpha value is -2.21. The standard InChI is InChI=1S/C14H14N4OS/c1-9-3-4-10(14(19)18(9)2)7-15-12-11-5-6-20-13(11)17-8-16-12/h3-6,8H,7H2,1-2H3,(H,15,16,17). The van der Waals surface area contributed by atoms with Crippen LogP contribution in [0.15, 0.2) is 34.7 Å². The fourth-order valence-corrected chi connectivity index (χ4v) is 2.76. The van der Waals surface area contributed by atoms with Gasteiger partial charge in [0.15, 0.2) is 0 Å². The van der Waals surface area contributed by atoms with Crippen molar-refractivity contribution in [3.8, 4) is 0 Å². The van der Waals surface area contributed by atoms with Crippen molar-refractivity contribution in [3.63, 3.8) is 0 Å². The third kappa shape index (κ3) is 2.18. The molecule has 0 bridgehead atoms. The number of hydrogen-bond donors (Lipinski definition) is 1. The zero-order chi connectivity index (χ0) is 14.1.